The number of hydrogen-bond donors (Lipinski definition) is 1. The fraction of sp³-hybridized carbons (Fsp3) is 0. The lowest BCUT2D eigenvalue weighted by atomic mass is 10.2. The van der Waals surface area contributed by atoms with E-state index in [9.17, 15) is 0 Å². The Bertz CT molecular complexity index is 480. The summed E-state index contributed by atoms with van der Waals surface area (Å²) in [6.07, 6.45) is 3.09. The van der Waals surface area contributed by atoms with Crippen molar-refractivity contribution in [1.82, 2.24) is 9.97 Å². The van der Waals surface area contributed by atoms with Crippen LogP contribution < -0.4 is 5.73 Å². The quantitative estimate of drug-likeness (QED) is 0.833. The van der Waals surface area contributed by atoms with Crippen LogP contribution in [0.5, 0.6) is 0 Å². The van der Waals surface area contributed by atoms with Crippen molar-refractivity contribution in [2.24, 2.45) is 0 Å². The Labute approximate surface area is 96.9 Å². The van der Waals surface area contributed by atoms with Crippen LogP contribution in [-0.2, 0) is 0 Å². The minimum absolute atomic E-state index is 0.364. The number of nitrogens with two attached hydrogens (primary N) is 1. The van der Waals surface area contributed by atoms with Gasteiger partial charge in [0.05, 0.1) is 18.1 Å². The molecule has 0 spiro atoms. The molecule has 0 aliphatic rings. The second kappa shape index (κ2) is 4.04. The maximum atomic E-state index is 5.88. The highest BCUT2D eigenvalue weighted by atomic mass is 35.5. The summed E-state index contributed by atoms with van der Waals surface area (Å²) < 4.78 is 0. The average molecular weight is 240 g/mol. The van der Waals surface area contributed by atoms with Gasteiger partial charge >= 0.3 is 0 Å². The molecule has 0 radical (unpaired) electrons. The van der Waals surface area contributed by atoms with E-state index in [0.717, 1.165) is 5.56 Å². The first-order chi connectivity index (χ1) is 7.15. The van der Waals surface area contributed by atoms with Crippen LogP contribution in [0.3, 0.4) is 0 Å². The number of rotatable bonds is 1. The number of aromatic nitrogens is 2. The Hall–Kier alpha value is -1.32. The third kappa shape index (κ3) is 2.37. The molecule has 0 atom stereocenters. The predicted molar refractivity (Wildman–Crippen MR) is 61.9 cm³/mol. The predicted octanol–water partition coefficient (Wildman–Crippen LogP) is 3.03. The third-order valence-electron chi connectivity index (χ3n) is 1.81. The van der Waals surface area contributed by atoms with Gasteiger partial charge in [-0.25, -0.2) is 4.98 Å². The first kappa shape index (κ1) is 10.2. The fourth-order valence-corrected chi connectivity index (χ4v) is 1.75. The van der Waals surface area contributed by atoms with Crippen LogP contribution in [0.2, 0.25) is 10.0 Å². The van der Waals surface area contributed by atoms with E-state index in [1.165, 1.54) is 6.20 Å². The van der Waals surface area contributed by atoms with Gasteiger partial charge in [0, 0.05) is 15.6 Å². The number of hydrogen-bond acceptors (Lipinski definition) is 3. The second-order valence-electron chi connectivity index (χ2n) is 2.99. The van der Waals surface area contributed by atoms with E-state index in [1.807, 2.05) is 0 Å². The van der Waals surface area contributed by atoms with Crippen LogP contribution >= 0.6 is 23.2 Å². The fourth-order valence-electron chi connectivity index (χ4n) is 1.22. The van der Waals surface area contributed by atoms with E-state index in [0.29, 0.717) is 21.6 Å². The Morgan fingerprint density at radius 3 is 2.27 bits per heavy atom. The Kier molecular flexibility index (Phi) is 2.75. The lowest BCUT2D eigenvalue weighted by molar-refractivity contribution is 1.22. The van der Waals surface area contributed by atoms with Crippen LogP contribution in [0, 0.1) is 0 Å². The zero-order chi connectivity index (χ0) is 10.8. The van der Waals surface area contributed by atoms with Gasteiger partial charge in [0.25, 0.3) is 0 Å². The minimum atomic E-state index is 0.364. The van der Waals surface area contributed by atoms with Gasteiger partial charge in [-0.3, -0.25) is 4.98 Å². The van der Waals surface area contributed by atoms with E-state index in [4.69, 9.17) is 28.9 Å². The van der Waals surface area contributed by atoms with E-state index in [-0.39, 0.29) is 0 Å². The molecule has 1 aromatic carbocycles. The summed E-state index contributed by atoms with van der Waals surface area (Å²) >= 11 is 11.8. The van der Waals surface area contributed by atoms with Gasteiger partial charge < -0.3 is 5.73 Å². The van der Waals surface area contributed by atoms with Crippen molar-refractivity contribution in [3.8, 4) is 11.3 Å². The first-order valence-corrected chi connectivity index (χ1v) is 4.95. The van der Waals surface area contributed by atoms with Crippen molar-refractivity contribution < 1.29 is 0 Å². The largest absolute Gasteiger partial charge is 0.382 e. The van der Waals surface area contributed by atoms with E-state index in [1.54, 1.807) is 24.4 Å². The molecule has 1 heterocycles. The SMILES string of the molecule is Nc1cncc(-c2cc(Cl)cc(Cl)c2)n1. The molecule has 0 aliphatic carbocycles. The Morgan fingerprint density at radius 2 is 1.67 bits per heavy atom. The number of anilines is 1. The molecule has 0 aliphatic heterocycles. The topological polar surface area (TPSA) is 51.8 Å². The molecule has 0 saturated heterocycles. The molecule has 0 amide bonds. The molecule has 1 aromatic heterocycles. The van der Waals surface area contributed by atoms with Gasteiger partial charge in [0.2, 0.25) is 0 Å². The van der Waals surface area contributed by atoms with Crippen molar-refractivity contribution >= 4 is 29.0 Å². The van der Waals surface area contributed by atoms with Crippen LogP contribution in [-0.4, -0.2) is 9.97 Å². The Morgan fingerprint density at radius 1 is 1.00 bits per heavy atom. The molecule has 0 fully saturated rings. The number of nitrogen functional groups attached to an aromatic ring is 1. The van der Waals surface area contributed by atoms with Gasteiger partial charge in [0.15, 0.2) is 0 Å². The molecule has 5 heteroatoms. The van der Waals surface area contributed by atoms with Crippen LogP contribution in [0.25, 0.3) is 11.3 Å². The van der Waals surface area contributed by atoms with Crippen LogP contribution in [0.15, 0.2) is 30.6 Å². The molecule has 0 bridgehead atoms. The van der Waals surface area contributed by atoms with Crippen molar-refractivity contribution in [1.29, 1.82) is 0 Å². The molecule has 76 valence electrons. The van der Waals surface area contributed by atoms with E-state index in [2.05, 4.69) is 9.97 Å². The summed E-state index contributed by atoms with van der Waals surface area (Å²) in [5.74, 6) is 0.364. The molecular weight excluding hydrogens is 233 g/mol. The molecule has 0 saturated carbocycles. The average Bonchev–Trinajstić information content (AvgIpc) is 2.16. The number of benzene rings is 1. The lowest BCUT2D eigenvalue weighted by Crippen LogP contribution is -1.93. The van der Waals surface area contributed by atoms with E-state index < -0.39 is 0 Å². The monoisotopic (exact) mass is 239 g/mol. The molecular formula is C10H7Cl2N3. The summed E-state index contributed by atoms with van der Waals surface area (Å²) in [7, 11) is 0. The number of halogens is 2. The van der Waals surface area contributed by atoms with Crippen LogP contribution in [0.4, 0.5) is 5.82 Å². The molecule has 0 unspecified atom stereocenters. The van der Waals surface area contributed by atoms with Crippen molar-refractivity contribution in [2.45, 2.75) is 0 Å². The molecule has 2 rings (SSSR count). The molecule has 3 nitrogen and oxygen atoms in total. The van der Waals surface area contributed by atoms with Gasteiger partial charge in [-0.05, 0) is 18.2 Å². The third-order valence-corrected chi connectivity index (χ3v) is 2.25. The van der Waals surface area contributed by atoms with Crippen molar-refractivity contribution in [3.63, 3.8) is 0 Å². The molecule has 2 aromatic rings. The summed E-state index contributed by atoms with van der Waals surface area (Å²) in [5, 5.41) is 1.11. The van der Waals surface area contributed by atoms with Crippen molar-refractivity contribution in [2.75, 3.05) is 5.73 Å². The zero-order valence-corrected chi connectivity index (χ0v) is 9.13. The lowest BCUT2D eigenvalue weighted by Gasteiger charge is -2.02. The number of nitrogens with zero attached hydrogens (tertiary/aromatic N) is 2. The highest BCUT2D eigenvalue weighted by Gasteiger charge is 2.03. The molecule has 15 heavy (non-hydrogen) atoms. The zero-order valence-electron chi connectivity index (χ0n) is 7.61. The van der Waals surface area contributed by atoms with E-state index >= 15 is 0 Å². The van der Waals surface area contributed by atoms with Gasteiger partial charge in [-0.1, -0.05) is 23.2 Å². The van der Waals surface area contributed by atoms with Crippen molar-refractivity contribution in [3.05, 3.63) is 40.6 Å². The highest BCUT2D eigenvalue weighted by Crippen LogP contribution is 2.25. The summed E-state index contributed by atoms with van der Waals surface area (Å²) in [6, 6.07) is 5.18. The van der Waals surface area contributed by atoms with Gasteiger partial charge in [-0.2, -0.15) is 0 Å². The first-order valence-electron chi connectivity index (χ1n) is 4.19. The van der Waals surface area contributed by atoms with Gasteiger partial charge in [-0.15, -0.1) is 0 Å². The maximum Gasteiger partial charge on any atom is 0.142 e. The highest BCUT2D eigenvalue weighted by molar-refractivity contribution is 6.35. The molecule has 2 N–H and O–H groups in total. The van der Waals surface area contributed by atoms with Gasteiger partial charge in [0.1, 0.15) is 5.82 Å². The van der Waals surface area contributed by atoms with Crippen LogP contribution in [0.1, 0.15) is 0 Å². The Balaban J connectivity index is 2.54. The maximum absolute atomic E-state index is 5.88. The summed E-state index contributed by atoms with van der Waals surface area (Å²) in [6.45, 7) is 0. The smallest absolute Gasteiger partial charge is 0.142 e. The minimum Gasteiger partial charge on any atom is -0.382 e. The second-order valence-corrected chi connectivity index (χ2v) is 3.86. The summed E-state index contributed by atoms with van der Waals surface area (Å²) in [4.78, 5) is 8.07. The summed E-state index contributed by atoms with van der Waals surface area (Å²) in [5.41, 5.74) is 6.98. The standard InChI is InChI=1S/C10H7Cl2N3/c11-7-1-6(2-8(12)3-7)9-4-14-5-10(13)15-9/h1-5H,(H2,13,15). The normalized spacial score (nSPS) is 10.3.